The molecule has 0 aliphatic heterocycles. The summed E-state index contributed by atoms with van der Waals surface area (Å²) in [6, 6.07) is 1.60. The van der Waals surface area contributed by atoms with E-state index in [1.54, 1.807) is 13.0 Å². The highest BCUT2D eigenvalue weighted by atomic mass is 16.2. The summed E-state index contributed by atoms with van der Waals surface area (Å²) in [5, 5.41) is 9.15. The predicted molar refractivity (Wildman–Crippen MR) is 95.2 cm³/mol. The number of carbonyl (C=O) groups excluding carboxylic acids is 2. The number of hydrogen-bond acceptors (Lipinski definition) is 5. The lowest BCUT2D eigenvalue weighted by atomic mass is 9.97. The quantitative estimate of drug-likeness (QED) is 0.540. The van der Waals surface area contributed by atoms with Gasteiger partial charge >= 0.3 is 11.8 Å². The molecule has 2 amide bonds. The Kier molecular flexibility index (Phi) is 4.97. The second-order valence-corrected chi connectivity index (χ2v) is 6.06. The maximum Gasteiger partial charge on any atom is 0.314 e. The minimum Gasteiger partial charge on any atom is -0.344 e. The first-order chi connectivity index (χ1) is 12.5. The van der Waals surface area contributed by atoms with Crippen molar-refractivity contribution >= 4 is 17.6 Å². The van der Waals surface area contributed by atoms with Gasteiger partial charge < -0.3 is 10.6 Å². The largest absolute Gasteiger partial charge is 0.344 e. The van der Waals surface area contributed by atoms with Gasteiger partial charge in [-0.1, -0.05) is 6.08 Å². The number of amides is 2. The van der Waals surface area contributed by atoms with Gasteiger partial charge in [0.2, 0.25) is 5.95 Å². The van der Waals surface area contributed by atoms with Crippen molar-refractivity contribution in [3.8, 4) is 5.95 Å². The van der Waals surface area contributed by atoms with Gasteiger partial charge in [-0.15, -0.1) is 6.58 Å². The molecule has 2 aromatic rings. The van der Waals surface area contributed by atoms with Crippen molar-refractivity contribution in [3.05, 3.63) is 46.0 Å². The molecule has 0 spiro atoms. The molecule has 0 radical (unpaired) electrons. The molecule has 0 saturated carbocycles. The SMILES string of the molecule is C=CCNC(=O)C(=O)Nc1cc(C)nn1-c1nc2c(c(=O)[nH]1)CCCC2. The standard InChI is InChI=1S/C17H20N6O3/c1-3-8-18-15(25)16(26)20-13-9-10(2)22-23(13)17-19-12-7-5-4-6-11(12)14(24)21-17/h3,9H,1,4-8H2,2H3,(H,18,25)(H,20,26)(H,19,21,24). The van der Waals surface area contributed by atoms with Crippen LogP contribution >= 0.6 is 0 Å². The Bertz CT molecular complexity index is 927. The van der Waals surface area contributed by atoms with Gasteiger partial charge in [-0.25, -0.2) is 4.98 Å². The van der Waals surface area contributed by atoms with E-state index in [-0.39, 0.29) is 23.9 Å². The number of fused-ring (bicyclic) bond motifs is 1. The number of carbonyl (C=O) groups is 2. The molecule has 0 unspecified atom stereocenters. The molecule has 3 rings (SSSR count). The normalized spacial score (nSPS) is 13.0. The van der Waals surface area contributed by atoms with Crippen molar-refractivity contribution in [1.29, 1.82) is 0 Å². The van der Waals surface area contributed by atoms with Crippen LogP contribution in [0.25, 0.3) is 5.95 Å². The highest BCUT2D eigenvalue weighted by molar-refractivity contribution is 6.39. The molecule has 26 heavy (non-hydrogen) atoms. The van der Waals surface area contributed by atoms with E-state index in [9.17, 15) is 14.4 Å². The Morgan fingerprint density at radius 2 is 2.12 bits per heavy atom. The lowest BCUT2D eigenvalue weighted by Crippen LogP contribution is -2.36. The van der Waals surface area contributed by atoms with E-state index < -0.39 is 11.8 Å². The number of anilines is 1. The van der Waals surface area contributed by atoms with Gasteiger partial charge in [-0.2, -0.15) is 9.78 Å². The maximum atomic E-state index is 12.3. The fraction of sp³-hybridized carbons (Fsp3) is 0.353. The topological polar surface area (TPSA) is 122 Å². The molecular weight excluding hydrogens is 336 g/mol. The predicted octanol–water partition coefficient (Wildman–Crippen LogP) is 0.384. The molecule has 0 fully saturated rings. The summed E-state index contributed by atoms with van der Waals surface area (Å²) in [5.41, 5.74) is 1.87. The van der Waals surface area contributed by atoms with Gasteiger partial charge in [0.25, 0.3) is 5.56 Å². The summed E-state index contributed by atoms with van der Waals surface area (Å²) >= 11 is 0. The number of rotatable bonds is 4. The fourth-order valence-corrected chi connectivity index (χ4v) is 2.86. The Labute approximate surface area is 149 Å². The van der Waals surface area contributed by atoms with E-state index in [0.717, 1.165) is 25.0 Å². The Morgan fingerprint density at radius 1 is 1.35 bits per heavy atom. The summed E-state index contributed by atoms with van der Waals surface area (Å²) in [6.07, 6.45) is 4.87. The minimum absolute atomic E-state index is 0.185. The van der Waals surface area contributed by atoms with Crippen LogP contribution in [0.15, 0.2) is 23.5 Å². The van der Waals surface area contributed by atoms with Crippen molar-refractivity contribution in [3.63, 3.8) is 0 Å². The van der Waals surface area contributed by atoms with Gasteiger partial charge in [-0.3, -0.25) is 19.4 Å². The van der Waals surface area contributed by atoms with Gasteiger partial charge in [0.1, 0.15) is 5.82 Å². The molecule has 0 bridgehead atoms. The van der Waals surface area contributed by atoms with Crippen molar-refractivity contribution in [2.45, 2.75) is 32.6 Å². The third-order valence-corrected chi connectivity index (χ3v) is 4.07. The number of aromatic amines is 1. The first kappa shape index (κ1) is 17.6. The summed E-state index contributed by atoms with van der Waals surface area (Å²) in [6.45, 7) is 5.40. The lowest BCUT2D eigenvalue weighted by Gasteiger charge is -2.15. The van der Waals surface area contributed by atoms with Crippen LogP contribution in [0, 0.1) is 6.92 Å². The van der Waals surface area contributed by atoms with E-state index >= 15 is 0 Å². The molecule has 2 heterocycles. The van der Waals surface area contributed by atoms with Crippen LogP contribution in [0.4, 0.5) is 5.82 Å². The van der Waals surface area contributed by atoms with Crippen molar-refractivity contribution < 1.29 is 9.59 Å². The first-order valence-electron chi connectivity index (χ1n) is 8.38. The number of H-pyrrole nitrogens is 1. The molecular formula is C17H20N6O3. The summed E-state index contributed by atoms with van der Waals surface area (Å²) < 4.78 is 1.32. The molecule has 2 aromatic heterocycles. The molecule has 0 saturated heterocycles. The van der Waals surface area contributed by atoms with Crippen LogP contribution in [-0.4, -0.2) is 38.1 Å². The average molecular weight is 356 g/mol. The number of aromatic nitrogens is 4. The van der Waals surface area contributed by atoms with Crippen LogP contribution in [0.3, 0.4) is 0 Å². The van der Waals surface area contributed by atoms with Crippen molar-refractivity contribution in [2.24, 2.45) is 0 Å². The smallest absolute Gasteiger partial charge is 0.314 e. The van der Waals surface area contributed by atoms with Crippen LogP contribution in [0.5, 0.6) is 0 Å². The second-order valence-electron chi connectivity index (χ2n) is 6.06. The fourth-order valence-electron chi connectivity index (χ4n) is 2.86. The highest BCUT2D eigenvalue weighted by Gasteiger charge is 2.20. The van der Waals surface area contributed by atoms with E-state index in [2.05, 4.69) is 32.3 Å². The second kappa shape index (κ2) is 7.34. The minimum atomic E-state index is -0.840. The molecule has 3 N–H and O–H groups in total. The number of aryl methyl sites for hydroxylation is 2. The first-order valence-corrected chi connectivity index (χ1v) is 8.38. The Hall–Kier alpha value is -3.23. The van der Waals surface area contributed by atoms with Crippen molar-refractivity contribution in [2.75, 3.05) is 11.9 Å². The Balaban J connectivity index is 1.91. The van der Waals surface area contributed by atoms with Crippen LogP contribution in [-0.2, 0) is 22.4 Å². The van der Waals surface area contributed by atoms with Crippen molar-refractivity contribution in [1.82, 2.24) is 25.1 Å². The summed E-state index contributed by atoms with van der Waals surface area (Å²) in [7, 11) is 0. The Morgan fingerprint density at radius 3 is 2.88 bits per heavy atom. The molecule has 1 aliphatic carbocycles. The van der Waals surface area contributed by atoms with E-state index in [0.29, 0.717) is 17.7 Å². The maximum absolute atomic E-state index is 12.3. The summed E-state index contributed by atoms with van der Waals surface area (Å²) in [5.74, 6) is -1.17. The van der Waals surface area contributed by atoms with Gasteiger partial charge in [0.15, 0.2) is 0 Å². The number of hydrogen-bond donors (Lipinski definition) is 3. The zero-order valence-corrected chi connectivity index (χ0v) is 14.5. The van der Waals surface area contributed by atoms with Gasteiger partial charge in [0.05, 0.1) is 11.4 Å². The van der Waals surface area contributed by atoms with Gasteiger partial charge in [-0.05, 0) is 32.6 Å². The van der Waals surface area contributed by atoms with Crippen LogP contribution in [0.2, 0.25) is 0 Å². The zero-order chi connectivity index (χ0) is 18.7. The van der Waals surface area contributed by atoms with Gasteiger partial charge in [0, 0.05) is 18.2 Å². The lowest BCUT2D eigenvalue weighted by molar-refractivity contribution is -0.136. The van der Waals surface area contributed by atoms with E-state index in [4.69, 9.17) is 0 Å². The molecule has 9 heteroatoms. The van der Waals surface area contributed by atoms with E-state index in [1.165, 1.54) is 10.8 Å². The third kappa shape index (κ3) is 3.56. The van der Waals surface area contributed by atoms with Crippen LogP contribution < -0.4 is 16.2 Å². The van der Waals surface area contributed by atoms with E-state index in [1.807, 2.05) is 0 Å². The zero-order valence-electron chi connectivity index (χ0n) is 14.5. The molecule has 0 atom stereocenters. The molecule has 9 nitrogen and oxygen atoms in total. The molecule has 136 valence electrons. The summed E-state index contributed by atoms with van der Waals surface area (Å²) in [4.78, 5) is 43.3. The highest BCUT2D eigenvalue weighted by Crippen LogP contribution is 2.19. The van der Waals surface area contributed by atoms with Crippen LogP contribution in [0.1, 0.15) is 29.8 Å². The molecule has 1 aliphatic rings. The molecule has 0 aromatic carbocycles. The monoisotopic (exact) mass is 356 g/mol. The average Bonchev–Trinajstić information content (AvgIpc) is 2.99. The number of nitrogens with one attached hydrogen (secondary N) is 3. The third-order valence-electron chi connectivity index (χ3n) is 4.07. The number of nitrogens with zero attached hydrogens (tertiary/aromatic N) is 3.